The predicted molar refractivity (Wildman–Crippen MR) is 78.0 cm³/mol. The molecule has 19 heavy (non-hydrogen) atoms. The molecule has 0 radical (unpaired) electrons. The second kappa shape index (κ2) is 6.09. The lowest BCUT2D eigenvalue weighted by atomic mass is 10.4. The van der Waals surface area contributed by atoms with Crippen molar-refractivity contribution in [2.24, 2.45) is 0 Å². The molecule has 2 heterocycles. The minimum Gasteiger partial charge on any atom is -0.342 e. The maximum atomic E-state index is 12.0. The van der Waals surface area contributed by atoms with Crippen molar-refractivity contribution in [2.45, 2.75) is 17.1 Å². The number of halogens is 2. The highest BCUT2D eigenvalue weighted by molar-refractivity contribution is 9.11. The van der Waals surface area contributed by atoms with E-state index in [4.69, 9.17) is 11.6 Å². The van der Waals surface area contributed by atoms with Gasteiger partial charge in [-0.1, -0.05) is 11.6 Å². The van der Waals surface area contributed by atoms with Gasteiger partial charge in [-0.3, -0.25) is 4.79 Å². The summed E-state index contributed by atoms with van der Waals surface area (Å²) in [6.07, 6.45) is 1.96. The molecule has 0 bridgehead atoms. The van der Waals surface area contributed by atoms with Crippen LogP contribution in [-0.4, -0.2) is 38.9 Å². The van der Waals surface area contributed by atoms with Gasteiger partial charge in [0.1, 0.15) is 4.21 Å². The number of nitrogens with zero attached hydrogens (tertiary/aromatic N) is 1. The molecular formula is C10H12BrClN2O3S2. The van der Waals surface area contributed by atoms with E-state index in [-0.39, 0.29) is 16.7 Å². The highest BCUT2D eigenvalue weighted by Gasteiger charge is 2.23. The molecule has 1 amide bonds. The van der Waals surface area contributed by atoms with Gasteiger partial charge in [-0.05, 0) is 34.8 Å². The van der Waals surface area contributed by atoms with Crippen molar-refractivity contribution < 1.29 is 13.2 Å². The first-order chi connectivity index (χ1) is 8.90. The first-order valence-corrected chi connectivity index (χ1v) is 9.09. The van der Waals surface area contributed by atoms with Crippen molar-refractivity contribution in [2.75, 3.05) is 19.6 Å². The summed E-state index contributed by atoms with van der Waals surface area (Å²) in [5, 5.41) is 0.344. The van der Waals surface area contributed by atoms with Crippen LogP contribution in [0.15, 0.2) is 14.1 Å². The van der Waals surface area contributed by atoms with Gasteiger partial charge in [0, 0.05) is 13.1 Å². The molecule has 1 aromatic heterocycles. The molecule has 1 aromatic rings. The van der Waals surface area contributed by atoms with E-state index in [0.29, 0.717) is 21.9 Å². The Kier molecular flexibility index (Phi) is 4.88. The van der Waals surface area contributed by atoms with Crippen LogP contribution in [0.25, 0.3) is 0 Å². The lowest BCUT2D eigenvalue weighted by Gasteiger charge is -2.15. The molecule has 0 aromatic carbocycles. The average Bonchev–Trinajstić information content (AvgIpc) is 2.98. The highest BCUT2D eigenvalue weighted by Crippen LogP contribution is 2.34. The molecule has 0 aliphatic carbocycles. The monoisotopic (exact) mass is 386 g/mol. The molecule has 1 N–H and O–H groups in total. The van der Waals surface area contributed by atoms with Crippen molar-refractivity contribution in [3.8, 4) is 0 Å². The van der Waals surface area contributed by atoms with Gasteiger partial charge >= 0.3 is 0 Å². The largest absolute Gasteiger partial charge is 0.342 e. The van der Waals surface area contributed by atoms with Crippen molar-refractivity contribution in [1.29, 1.82) is 0 Å². The molecule has 0 atom stereocenters. The van der Waals surface area contributed by atoms with Crippen molar-refractivity contribution in [3.05, 3.63) is 14.9 Å². The van der Waals surface area contributed by atoms with Crippen LogP contribution in [0.3, 0.4) is 0 Å². The Morgan fingerprint density at radius 2 is 2.11 bits per heavy atom. The molecule has 5 nitrogen and oxygen atoms in total. The number of carbonyl (C=O) groups excluding carboxylic acids is 1. The SMILES string of the molecule is O=C(CNS(=O)(=O)c1cc(Cl)c(Br)s1)N1CCCC1. The van der Waals surface area contributed by atoms with Crippen LogP contribution in [-0.2, 0) is 14.8 Å². The third kappa shape index (κ3) is 3.69. The Labute approximate surface area is 129 Å². The van der Waals surface area contributed by atoms with Crippen LogP contribution in [0.2, 0.25) is 5.02 Å². The lowest BCUT2D eigenvalue weighted by molar-refractivity contribution is -0.128. The van der Waals surface area contributed by atoms with Crippen LogP contribution in [0.4, 0.5) is 0 Å². The van der Waals surface area contributed by atoms with Gasteiger partial charge in [-0.25, -0.2) is 13.1 Å². The molecule has 1 fully saturated rings. The van der Waals surface area contributed by atoms with Gasteiger partial charge in [0.05, 0.1) is 15.4 Å². The Hall–Kier alpha value is -0.150. The summed E-state index contributed by atoms with van der Waals surface area (Å²) in [4.78, 5) is 13.4. The zero-order valence-corrected chi connectivity index (χ0v) is 13.8. The fourth-order valence-corrected chi connectivity index (χ4v) is 5.18. The molecule has 1 aliphatic heterocycles. The van der Waals surface area contributed by atoms with Gasteiger partial charge in [-0.2, -0.15) is 0 Å². The van der Waals surface area contributed by atoms with Crippen LogP contribution in [0.5, 0.6) is 0 Å². The van der Waals surface area contributed by atoms with Crippen LogP contribution < -0.4 is 4.72 Å². The first-order valence-electron chi connectivity index (χ1n) is 5.62. The van der Waals surface area contributed by atoms with E-state index in [1.807, 2.05) is 0 Å². The van der Waals surface area contributed by atoms with Crippen molar-refractivity contribution in [3.63, 3.8) is 0 Å². The zero-order chi connectivity index (χ0) is 14.0. The number of likely N-dealkylation sites (tertiary alicyclic amines) is 1. The van der Waals surface area contributed by atoms with E-state index < -0.39 is 10.0 Å². The second-order valence-electron chi connectivity index (χ2n) is 4.10. The van der Waals surface area contributed by atoms with E-state index in [9.17, 15) is 13.2 Å². The van der Waals surface area contributed by atoms with Crippen LogP contribution >= 0.6 is 38.9 Å². The quantitative estimate of drug-likeness (QED) is 0.860. The van der Waals surface area contributed by atoms with E-state index in [2.05, 4.69) is 20.7 Å². The Morgan fingerprint density at radius 3 is 2.63 bits per heavy atom. The summed E-state index contributed by atoms with van der Waals surface area (Å²) < 4.78 is 26.9. The topological polar surface area (TPSA) is 66.5 Å². The minimum absolute atomic E-state index is 0.0959. The molecular weight excluding hydrogens is 376 g/mol. The first kappa shape index (κ1) is 15.2. The summed E-state index contributed by atoms with van der Waals surface area (Å²) >= 11 is 9.97. The summed E-state index contributed by atoms with van der Waals surface area (Å²) in [6, 6.07) is 1.36. The van der Waals surface area contributed by atoms with Crippen molar-refractivity contribution in [1.82, 2.24) is 9.62 Å². The number of rotatable bonds is 4. The van der Waals surface area contributed by atoms with Gasteiger partial charge in [0.15, 0.2) is 0 Å². The van der Waals surface area contributed by atoms with Crippen LogP contribution in [0, 0.1) is 0 Å². The lowest BCUT2D eigenvalue weighted by Crippen LogP contribution is -2.38. The Bertz CT molecular complexity index is 562. The number of hydrogen-bond acceptors (Lipinski definition) is 4. The molecule has 1 aliphatic rings. The van der Waals surface area contributed by atoms with Gasteiger partial charge in [-0.15, -0.1) is 11.3 Å². The van der Waals surface area contributed by atoms with E-state index in [1.54, 1.807) is 4.90 Å². The fourth-order valence-electron chi connectivity index (χ4n) is 1.77. The standard InChI is InChI=1S/C10H12BrClN2O3S2/c11-10-7(12)5-9(18-10)19(16,17)13-6-8(15)14-3-1-2-4-14/h5,13H,1-4,6H2. The maximum absolute atomic E-state index is 12.0. The summed E-state index contributed by atoms with van der Waals surface area (Å²) in [5.74, 6) is -0.192. The maximum Gasteiger partial charge on any atom is 0.250 e. The number of amides is 1. The third-order valence-electron chi connectivity index (χ3n) is 2.76. The molecule has 9 heteroatoms. The molecule has 0 unspecified atom stereocenters. The smallest absolute Gasteiger partial charge is 0.250 e. The van der Waals surface area contributed by atoms with Crippen molar-refractivity contribution >= 4 is 54.8 Å². The van der Waals surface area contributed by atoms with Gasteiger partial charge in [0.25, 0.3) is 10.0 Å². The predicted octanol–water partition coefficient (Wildman–Crippen LogP) is 2.06. The van der Waals surface area contributed by atoms with Gasteiger partial charge < -0.3 is 4.90 Å². The Balaban J connectivity index is 1.99. The number of nitrogens with one attached hydrogen (secondary N) is 1. The summed E-state index contributed by atoms with van der Waals surface area (Å²) in [6.45, 7) is 1.20. The third-order valence-corrected chi connectivity index (χ3v) is 7.11. The molecule has 106 valence electrons. The average molecular weight is 388 g/mol. The number of thiophene rings is 1. The minimum atomic E-state index is -3.68. The normalized spacial score (nSPS) is 16.0. The summed E-state index contributed by atoms with van der Waals surface area (Å²) in [7, 11) is -3.68. The fraction of sp³-hybridized carbons (Fsp3) is 0.500. The molecule has 0 spiro atoms. The number of hydrogen-bond donors (Lipinski definition) is 1. The summed E-state index contributed by atoms with van der Waals surface area (Å²) in [5.41, 5.74) is 0. The molecule has 0 saturated carbocycles. The van der Waals surface area contributed by atoms with Crippen LogP contribution in [0.1, 0.15) is 12.8 Å². The van der Waals surface area contributed by atoms with E-state index in [0.717, 1.165) is 24.2 Å². The Morgan fingerprint density at radius 1 is 1.47 bits per heavy atom. The van der Waals surface area contributed by atoms with E-state index in [1.165, 1.54) is 6.07 Å². The number of sulfonamides is 1. The second-order valence-corrected chi connectivity index (χ2v) is 8.87. The van der Waals surface area contributed by atoms with E-state index >= 15 is 0 Å². The number of carbonyl (C=O) groups is 1. The molecule has 1 saturated heterocycles. The molecule has 2 rings (SSSR count). The highest BCUT2D eigenvalue weighted by atomic mass is 79.9. The zero-order valence-electron chi connectivity index (χ0n) is 9.86. The van der Waals surface area contributed by atoms with Gasteiger partial charge in [0.2, 0.25) is 5.91 Å².